The molecule has 0 spiro atoms. The third-order valence-electron chi connectivity index (χ3n) is 1.47. The minimum atomic E-state index is -2.74. The van der Waals surface area contributed by atoms with E-state index >= 15 is 0 Å². The highest BCUT2D eigenvalue weighted by Crippen LogP contribution is 2.45. The zero-order chi connectivity index (χ0) is 11.2. The second kappa shape index (κ2) is 6.90. The Kier molecular flexibility index (Phi) is 7.61. The van der Waals surface area contributed by atoms with Crippen LogP contribution in [0.15, 0.2) is 0 Å². The van der Waals surface area contributed by atoms with E-state index in [2.05, 4.69) is 6.92 Å². The third kappa shape index (κ3) is 9.97. The lowest BCUT2D eigenvalue weighted by Gasteiger charge is -2.18. The molecule has 0 rings (SSSR count). The fourth-order valence-electron chi connectivity index (χ4n) is 0.800. The Bertz CT molecular complexity index is 208. The van der Waals surface area contributed by atoms with Gasteiger partial charge in [0.1, 0.15) is 6.61 Å². The molecule has 0 bridgehead atoms. The molecule has 14 heavy (non-hydrogen) atoms. The lowest BCUT2D eigenvalue weighted by molar-refractivity contribution is 0.313. The van der Waals surface area contributed by atoms with E-state index < -0.39 is 10.3 Å². The molecule has 2 nitrogen and oxygen atoms in total. The Morgan fingerprint density at radius 2 is 1.93 bits per heavy atom. The first-order valence-electron chi connectivity index (χ1n) is 4.30. The summed E-state index contributed by atoms with van der Waals surface area (Å²) >= 11 is 21.3. The second-order valence-electron chi connectivity index (χ2n) is 2.96. The molecule has 0 aliphatic rings. The smallest absolute Gasteiger partial charge is 0.213 e. The summed E-state index contributed by atoms with van der Waals surface area (Å²) in [6.45, 7) is -0.821. The first kappa shape index (κ1) is 15.4. The van der Waals surface area contributed by atoms with Crippen LogP contribution in [-0.4, -0.2) is 21.5 Å². The highest BCUT2D eigenvalue weighted by molar-refractivity contribution is 8.09. The van der Waals surface area contributed by atoms with Crippen molar-refractivity contribution in [3.63, 3.8) is 0 Å². The standard InChI is InChI=1S/C7H14Cl3O2PS/c1-2-3-4-5-13(11,14)12-6-7(8,9)10/h2-6H2,1H3,(H,11,14). The van der Waals surface area contributed by atoms with Crippen molar-refractivity contribution in [2.75, 3.05) is 12.8 Å². The molecule has 0 aromatic heterocycles. The molecule has 0 heterocycles. The summed E-state index contributed by atoms with van der Waals surface area (Å²) in [5.74, 6) is 0. The minimum absolute atomic E-state index is 0.155. The molecule has 0 saturated carbocycles. The summed E-state index contributed by atoms with van der Waals surface area (Å²) in [4.78, 5) is 9.63. The van der Waals surface area contributed by atoms with Crippen LogP contribution >= 0.6 is 41.3 Å². The molecule has 86 valence electrons. The maximum atomic E-state index is 9.63. The number of hydrogen-bond acceptors (Lipinski definition) is 2. The van der Waals surface area contributed by atoms with Crippen LogP contribution in [0.4, 0.5) is 0 Å². The average Bonchev–Trinajstić information content (AvgIpc) is 2.00. The van der Waals surface area contributed by atoms with Gasteiger partial charge in [0.2, 0.25) is 3.79 Å². The maximum Gasteiger partial charge on any atom is 0.213 e. The minimum Gasteiger partial charge on any atom is -0.345 e. The molecule has 0 aliphatic carbocycles. The van der Waals surface area contributed by atoms with Crippen molar-refractivity contribution in [3.8, 4) is 0 Å². The second-order valence-corrected chi connectivity index (χ2v) is 9.16. The summed E-state index contributed by atoms with van der Waals surface area (Å²) in [5.41, 5.74) is 0. The van der Waals surface area contributed by atoms with Gasteiger partial charge >= 0.3 is 0 Å². The lowest BCUT2D eigenvalue weighted by Crippen LogP contribution is -2.12. The van der Waals surface area contributed by atoms with Gasteiger partial charge < -0.3 is 9.42 Å². The van der Waals surface area contributed by atoms with Gasteiger partial charge in [-0.15, -0.1) is 0 Å². The predicted molar refractivity (Wildman–Crippen MR) is 67.1 cm³/mol. The van der Waals surface area contributed by atoms with Gasteiger partial charge in [0.05, 0.1) is 0 Å². The Morgan fingerprint density at radius 1 is 1.36 bits per heavy atom. The first-order valence-corrected chi connectivity index (χ1v) is 8.29. The van der Waals surface area contributed by atoms with Gasteiger partial charge in [0, 0.05) is 6.16 Å². The highest BCUT2D eigenvalue weighted by atomic mass is 35.6. The highest BCUT2D eigenvalue weighted by Gasteiger charge is 2.24. The summed E-state index contributed by atoms with van der Waals surface area (Å²) < 4.78 is 3.52. The SMILES string of the molecule is CCCCCP(O)(=S)OCC(Cl)(Cl)Cl. The Labute approximate surface area is 105 Å². The molecular weight excluding hydrogens is 285 g/mol. The fraction of sp³-hybridized carbons (Fsp3) is 1.00. The molecule has 0 radical (unpaired) electrons. The van der Waals surface area contributed by atoms with E-state index in [1.165, 1.54) is 0 Å². The molecule has 0 amide bonds. The number of halogens is 3. The van der Waals surface area contributed by atoms with E-state index in [1.54, 1.807) is 0 Å². The van der Waals surface area contributed by atoms with Gasteiger partial charge in [-0.1, -0.05) is 54.6 Å². The van der Waals surface area contributed by atoms with Crippen LogP contribution in [-0.2, 0) is 16.3 Å². The summed E-state index contributed by atoms with van der Waals surface area (Å²) in [5, 5.41) is 0. The zero-order valence-corrected chi connectivity index (χ0v) is 11.9. The zero-order valence-electron chi connectivity index (χ0n) is 7.88. The van der Waals surface area contributed by atoms with Crippen LogP contribution in [0.5, 0.6) is 0 Å². The Hall–Kier alpha value is 1.44. The van der Waals surface area contributed by atoms with E-state index in [9.17, 15) is 4.89 Å². The van der Waals surface area contributed by atoms with Crippen LogP contribution in [0.25, 0.3) is 0 Å². The third-order valence-corrected chi connectivity index (χ3v) is 4.08. The van der Waals surface area contributed by atoms with Gasteiger partial charge in [-0.3, -0.25) is 0 Å². The first-order chi connectivity index (χ1) is 6.27. The van der Waals surface area contributed by atoms with Crippen molar-refractivity contribution >= 4 is 53.1 Å². The van der Waals surface area contributed by atoms with Gasteiger partial charge in [-0.2, -0.15) is 0 Å². The van der Waals surface area contributed by atoms with E-state index in [0.29, 0.717) is 6.16 Å². The van der Waals surface area contributed by atoms with Gasteiger partial charge in [-0.25, -0.2) is 0 Å². The van der Waals surface area contributed by atoms with E-state index in [-0.39, 0.29) is 6.61 Å². The lowest BCUT2D eigenvalue weighted by atomic mass is 10.3. The molecule has 0 aromatic rings. The molecule has 0 aromatic carbocycles. The van der Waals surface area contributed by atoms with Crippen LogP contribution in [0.3, 0.4) is 0 Å². The van der Waals surface area contributed by atoms with E-state index in [0.717, 1.165) is 19.3 Å². The van der Waals surface area contributed by atoms with Crippen molar-refractivity contribution in [2.24, 2.45) is 0 Å². The molecule has 1 unspecified atom stereocenters. The van der Waals surface area contributed by atoms with Crippen molar-refractivity contribution < 1.29 is 9.42 Å². The van der Waals surface area contributed by atoms with Gasteiger partial charge in [0.15, 0.2) is 6.49 Å². The molecule has 7 heteroatoms. The number of hydrogen-bond donors (Lipinski definition) is 1. The van der Waals surface area contributed by atoms with Crippen LogP contribution in [0.2, 0.25) is 0 Å². The van der Waals surface area contributed by atoms with Crippen molar-refractivity contribution in [1.29, 1.82) is 0 Å². The number of alkyl halides is 3. The summed E-state index contributed by atoms with van der Waals surface area (Å²) in [6.07, 6.45) is 3.43. The van der Waals surface area contributed by atoms with E-state index in [1.807, 2.05) is 0 Å². The van der Waals surface area contributed by atoms with Crippen LogP contribution in [0.1, 0.15) is 26.2 Å². The molecule has 0 fully saturated rings. The number of rotatable bonds is 6. The van der Waals surface area contributed by atoms with Gasteiger partial charge in [0.25, 0.3) is 0 Å². The molecule has 1 atom stereocenters. The monoisotopic (exact) mass is 298 g/mol. The number of unbranched alkanes of at least 4 members (excludes halogenated alkanes) is 2. The quantitative estimate of drug-likeness (QED) is 0.459. The van der Waals surface area contributed by atoms with Crippen molar-refractivity contribution in [2.45, 2.75) is 30.0 Å². The van der Waals surface area contributed by atoms with Crippen LogP contribution in [0, 0.1) is 0 Å². The van der Waals surface area contributed by atoms with E-state index in [4.69, 9.17) is 51.1 Å². The largest absolute Gasteiger partial charge is 0.345 e. The normalized spacial score (nSPS) is 16.6. The fourth-order valence-corrected chi connectivity index (χ4v) is 2.89. The summed E-state index contributed by atoms with van der Waals surface area (Å²) in [6, 6.07) is 0. The molecule has 1 N–H and O–H groups in total. The van der Waals surface area contributed by atoms with Crippen molar-refractivity contribution in [3.05, 3.63) is 0 Å². The summed E-state index contributed by atoms with van der Waals surface area (Å²) in [7, 11) is 0. The molecule has 0 saturated heterocycles. The maximum absolute atomic E-state index is 9.63. The average molecular weight is 300 g/mol. The molecular formula is C7H14Cl3O2PS. The Morgan fingerprint density at radius 3 is 2.36 bits per heavy atom. The topological polar surface area (TPSA) is 29.5 Å². The molecule has 0 aliphatic heterocycles. The predicted octanol–water partition coefficient (Wildman–Crippen LogP) is 3.87. The van der Waals surface area contributed by atoms with Crippen molar-refractivity contribution in [1.82, 2.24) is 0 Å². The van der Waals surface area contributed by atoms with Gasteiger partial charge in [-0.05, 0) is 18.2 Å². The van der Waals surface area contributed by atoms with Crippen LogP contribution < -0.4 is 0 Å². The Balaban J connectivity index is 3.78.